The van der Waals surface area contributed by atoms with Gasteiger partial charge in [0.25, 0.3) is 5.91 Å². The van der Waals surface area contributed by atoms with E-state index in [9.17, 15) is 9.59 Å². The third-order valence-corrected chi connectivity index (χ3v) is 5.42. The molecule has 4 aromatic rings. The fourth-order valence-electron chi connectivity index (χ4n) is 3.69. The zero-order valence-corrected chi connectivity index (χ0v) is 19.0. The van der Waals surface area contributed by atoms with Crippen LogP contribution in [-0.4, -0.2) is 37.6 Å². The number of benzene rings is 3. The minimum absolute atomic E-state index is 0.0189. The number of methoxy groups -OCH3 is 2. The third-order valence-electron chi connectivity index (χ3n) is 5.42. The normalized spacial score (nSPS) is 10.5. The Morgan fingerprint density at radius 2 is 1.76 bits per heavy atom. The number of carbonyl (C=O) groups is 2. The molecule has 1 heterocycles. The molecule has 0 unspecified atom stereocenters. The van der Waals surface area contributed by atoms with Crippen LogP contribution < -0.4 is 25.4 Å². The van der Waals surface area contributed by atoms with Crippen molar-refractivity contribution in [2.24, 2.45) is 0 Å². The van der Waals surface area contributed by atoms with E-state index in [1.807, 2.05) is 30.5 Å². The SMILES string of the molecule is COc1ccc(OC)c(NCC(=O)Nc2ccccc2C(=O)NCc2cccc3[nH]ccc23)c1. The van der Waals surface area contributed by atoms with Gasteiger partial charge in [-0.15, -0.1) is 0 Å². The third kappa shape index (κ3) is 5.12. The van der Waals surface area contributed by atoms with Crippen molar-refractivity contribution in [1.29, 1.82) is 0 Å². The van der Waals surface area contributed by atoms with Gasteiger partial charge in [0.05, 0.1) is 37.7 Å². The minimum Gasteiger partial charge on any atom is -0.497 e. The summed E-state index contributed by atoms with van der Waals surface area (Å²) in [5.74, 6) is 0.653. The number of hydrogen-bond acceptors (Lipinski definition) is 5. The van der Waals surface area contributed by atoms with E-state index in [0.717, 1.165) is 16.5 Å². The number of anilines is 2. The number of aromatic amines is 1. The van der Waals surface area contributed by atoms with Gasteiger partial charge in [-0.1, -0.05) is 24.3 Å². The van der Waals surface area contributed by atoms with Crippen molar-refractivity contribution in [3.05, 3.63) is 84.1 Å². The molecule has 4 N–H and O–H groups in total. The second-order valence-electron chi connectivity index (χ2n) is 7.55. The molecule has 0 aliphatic heterocycles. The van der Waals surface area contributed by atoms with Crippen LogP contribution in [0, 0.1) is 0 Å². The minimum atomic E-state index is -0.304. The van der Waals surface area contributed by atoms with Crippen LogP contribution in [0.4, 0.5) is 11.4 Å². The van der Waals surface area contributed by atoms with Gasteiger partial charge in [0.1, 0.15) is 11.5 Å². The summed E-state index contributed by atoms with van der Waals surface area (Å²) in [5, 5.41) is 9.87. The molecule has 0 bridgehead atoms. The van der Waals surface area contributed by atoms with E-state index in [4.69, 9.17) is 9.47 Å². The summed E-state index contributed by atoms with van der Waals surface area (Å²) < 4.78 is 10.6. The van der Waals surface area contributed by atoms with E-state index in [-0.39, 0.29) is 18.4 Å². The number of aromatic nitrogens is 1. The monoisotopic (exact) mass is 458 g/mol. The molecule has 2 amide bonds. The molecular weight excluding hydrogens is 432 g/mol. The smallest absolute Gasteiger partial charge is 0.253 e. The molecule has 0 saturated heterocycles. The lowest BCUT2D eigenvalue weighted by Gasteiger charge is -2.14. The number of ether oxygens (including phenoxy) is 2. The van der Waals surface area contributed by atoms with Gasteiger partial charge < -0.3 is 30.4 Å². The Morgan fingerprint density at radius 3 is 2.59 bits per heavy atom. The Kier molecular flexibility index (Phi) is 6.98. The number of amides is 2. The molecule has 0 radical (unpaired) electrons. The van der Waals surface area contributed by atoms with Gasteiger partial charge in [-0.2, -0.15) is 0 Å². The van der Waals surface area contributed by atoms with Crippen molar-refractivity contribution < 1.29 is 19.1 Å². The van der Waals surface area contributed by atoms with E-state index in [1.165, 1.54) is 0 Å². The summed E-state index contributed by atoms with van der Waals surface area (Å²) in [6.45, 7) is 0.350. The zero-order valence-electron chi connectivity index (χ0n) is 19.0. The van der Waals surface area contributed by atoms with Crippen LogP contribution in [0.5, 0.6) is 11.5 Å². The van der Waals surface area contributed by atoms with Gasteiger partial charge in [-0.05, 0) is 42.0 Å². The molecule has 8 heteroatoms. The van der Waals surface area contributed by atoms with Gasteiger partial charge in [-0.25, -0.2) is 0 Å². The van der Waals surface area contributed by atoms with Crippen molar-refractivity contribution in [3.63, 3.8) is 0 Å². The molecule has 0 spiro atoms. The highest BCUT2D eigenvalue weighted by atomic mass is 16.5. The van der Waals surface area contributed by atoms with Crippen molar-refractivity contribution in [3.8, 4) is 11.5 Å². The second kappa shape index (κ2) is 10.4. The van der Waals surface area contributed by atoms with E-state index in [2.05, 4.69) is 20.9 Å². The summed E-state index contributed by atoms with van der Waals surface area (Å²) in [7, 11) is 3.12. The number of rotatable bonds is 9. The standard InChI is InChI=1S/C26H26N4O4/c1-33-18-10-11-24(34-2)23(14-18)28-16-25(31)30-22-8-4-3-7-20(22)26(32)29-15-17-6-5-9-21-19(17)12-13-27-21/h3-14,27-28H,15-16H2,1-2H3,(H,29,32)(H,30,31). The highest BCUT2D eigenvalue weighted by Crippen LogP contribution is 2.28. The van der Waals surface area contributed by atoms with Crippen LogP contribution in [0.25, 0.3) is 10.9 Å². The predicted molar refractivity (Wildman–Crippen MR) is 133 cm³/mol. The second-order valence-corrected chi connectivity index (χ2v) is 7.55. The molecule has 0 aliphatic rings. The summed E-state index contributed by atoms with van der Waals surface area (Å²) in [6.07, 6.45) is 1.87. The predicted octanol–water partition coefficient (Wildman–Crippen LogP) is 4.17. The summed E-state index contributed by atoms with van der Waals surface area (Å²) in [5.41, 5.74) is 3.46. The van der Waals surface area contributed by atoms with Crippen LogP contribution in [0.15, 0.2) is 72.9 Å². The Morgan fingerprint density at radius 1 is 0.912 bits per heavy atom. The van der Waals surface area contributed by atoms with Crippen LogP contribution in [0.1, 0.15) is 15.9 Å². The number of nitrogens with one attached hydrogen (secondary N) is 4. The number of para-hydroxylation sites is 1. The van der Waals surface area contributed by atoms with E-state index in [0.29, 0.717) is 35.0 Å². The molecule has 174 valence electrons. The lowest BCUT2D eigenvalue weighted by molar-refractivity contribution is -0.114. The molecule has 0 atom stereocenters. The van der Waals surface area contributed by atoms with Gasteiger partial charge in [0.2, 0.25) is 5.91 Å². The lowest BCUT2D eigenvalue weighted by Crippen LogP contribution is -2.27. The average molecular weight is 459 g/mol. The van der Waals surface area contributed by atoms with Crippen molar-refractivity contribution in [2.45, 2.75) is 6.54 Å². The fourth-order valence-corrected chi connectivity index (χ4v) is 3.69. The Hall–Kier alpha value is -4.46. The van der Waals surface area contributed by atoms with Gasteiger partial charge in [-0.3, -0.25) is 9.59 Å². The maximum Gasteiger partial charge on any atom is 0.253 e. The average Bonchev–Trinajstić information content (AvgIpc) is 3.36. The largest absolute Gasteiger partial charge is 0.497 e. The molecule has 0 saturated carbocycles. The Balaban J connectivity index is 1.40. The molecule has 0 fully saturated rings. The molecule has 0 aliphatic carbocycles. The summed E-state index contributed by atoms with van der Waals surface area (Å²) >= 11 is 0. The molecule has 8 nitrogen and oxygen atoms in total. The number of fused-ring (bicyclic) bond motifs is 1. The zero-order chi connectivity index (χ0) is 23.9. The number of H-pyrrole nitrogens is 1. The topological polar surface area (TPSA) is 104 Å². The molecule has 4 rings (SSSR count). The summed E-state index contributed by atoms with van der Waals surface area (Å²) in [4.78, 5) is 28.7. The quantitative estimate of drug-likeness (QED) is 0.301. The molecular formula is C26H26N4O4. The van der Waals surface area contributed by atoms with Crippen LogP contribution in [0.3, 0.4) is 0 Å². The highest BCUT2D eigenvalue weighted by Gasteiger charge is 2.14. The van der Waals surface area contributed by atoms with Gasteiger partial charge in [0.15, 0.2) is 0 Å². The lowest BCUT2D eigenvalue weighted by atomic mass is 10.1. The van der Waals surface area contributed by atoms with Crippen LogP contribution >= 0.6 is 0 Å². The van der Waals surface area contributed by atoms with Crippen molar-refractivity contribution in [2.75, 3.05) is 31.4 Å². The van der Waals surface area contributed by atoms with Crippen molar-refractivity contribution >= 4 is 34.1 Å². The first-order valence-electron chi connectivity index (χ1n) is 10.8. The van der Waals surface area contributed by atoms with Crippen LogP contribution in [-0.2, 0) is 11.3 Å². The first-order chi connectivity index (χ1) is 16.6. The van der Waals surface area contributed by atoms with E-state index >= 15 is 0 Å². The van der Waals surface area contributed by atoms with Gasteiger partial charge >= 0.3 is 0 Å². The Labute approximate surface area is 197 Å². The summed E-state index contributed by atoms with van der Waals surface area (Å²) in [6, 6.07) is 20.1. The van der Waals surface area contributed by atoms with Crippen molar-refractivity contribution in [1.82, 2.24) is 10.3 Å². The maximum absolute atomic E-state index is 12.9. The first kappa shape index (κ1) is 22.7. The maximum atomic E-state index is 12.9. The Bertz CT molecular complexity index is 1320. The molecule has 3 aromatic carbocycles. The number of hydrogen-bond donors (Lipinski definition) is 4. The molecule has 34 heavy (non-hydrogen) atoms. The molecule has 1 aromatic heterocycles. The highest BCUT2D eigenvalue weighted by molar-refractivity contribution is 6.04. The fraction of sp³-hybridized carbons (Fsp3) is 0.154. The van der Waals surface area contributed by atoms with E-state index < -0.39 is 0 Å². The van der Waals surface area contributed by atoms with E-state index in [1.54, 1.807) is 56.7 Å². The van der Waals surface area contributed by atoms with Gasteiger partial charge in [0, 0.05) is 29.7 Å². The number of carbonyl (C=O) groups excluding carboxylic acids is 2. The van der Waals surface area contributed by atoms with Crippen LogP contribution in [0.2, 0.25) is 0 Å². The first-order valence-corrected chi connectivity index (χ1v) is 10.8.